The summed E-state index contributed by atoms with van der Waals surface area (Å²) in [5.41, 5.74) is -0.713. The van der Waals surface area contributed by atoms with Crippen molar-refractivity contribution in [3.8, 4) is 0 Å². The molecule has 0 radical (unpaired) electrons. The summed E-state index contributed by atoms with van der Waals surface area (Å²) in [7, 11) is 0. The first-order chi connectivity index (χ1) is 9.47. The molecular weight excluding hydrogens is 270 g/mol. The fraction of sp³-hybridized carbons (Fsp3) is 0.562. The fourth-order valence-electron chi connectivity index (χ4n) is 2.49. The quantitative estimate of drug-likeness (QED) is 0.838. The van der Waals surface area contributed by atoms with Crippen LogP contribution in [0.1, 0.15) is 42.4 Å². The summed E-state index contributed by atoms with van der Waals surface area (Å²) in [5, 5.41) is 13.2. The Kier molecular flexibility index (Phi) is 5.00. The van der Waals surface area contributed by atoms with Crippen LogP contribution in [0.4, 0.5) is 0 Å². The predicted molar refractivity (Wildman–Crippen MR) is 83.7 cm³/mol. The molecule has 1 aromatic heterocycles. The van der Waals surface area contributed by atoms with Gasteiger partial charge in [-0.15, -0.1) is 11.3 Å². The summed E-state index contributed by atoms with van der Waals surface area (Å²) in [6, 6.07) is 4.04. The van der Waals surface area contributed by atoms with Crippen LogP contribution in [0.2, 0.25) is 0 Å². The highest BCUT2D eigenvalue weighted by Gasteiger charge is 2.31. The van der Waals surface area contributed by atoms with Crippen LogP contribution in [0.3, 0.4) is 0 Å². The normalized spacial score (nSPS) is 26.9. The lowest BCUT2D eigenvalue weighted by Crippen LogP contribution is -2.44. The number of aryl methyl sites for hydroxylation is 1. The number of hydrogen-bond acceptors (Lipinski definition) is 3. The number of thiophene rings is 1. The Labute approximate surface area is 124 Å². The Morgan fingerprint density at radius 1 is 1.50 bits per heavy atom. The second-order valence-corrected chi connectivity index (χ2v) is 7.23. The molecule has 4 heteroatoms. The van der Waals surface area contributed by atoms with Gasteiger partial charge in [-0.1, -0.05) is 6.92 Å². The van der Waals surface area contributed by atoms with E-state index in [1.54, 1.807) is 17.4 Å². The molecular formula is C16H23NO2S. The van der Waals surface area contributed by atoms with Crippen molar-refractivity contribution in [1.29, 1.82) is 0 Å². The van der Waals surface area contributed by atoms with E-state index in [1.807, 2.05) is 25.1 Å². The van der Waals surface area contributed by atoms with Crippen LogP contribution in [0.5, 0.6) is 0 Å². The predicted octanol–water partition coefficient (Wildman–Crippen LogP) is 3.13. The number of hydrogen-bond donors (Lipinski definition) is 2. The highest BCUT2D eigenvalue weighted by atomic mass is 32.1. The zero-order chi connectivity index (χ0) is 14.6. The molecule has 20 heavy (non-hydrogen) atoms. The number of carbonyl (C=O) groups excluding carboxylic acids is 1. The number of carbonyl (C=O) groups is 1. The number of nitrogens with one attached hydrogen (secondary N) is 1. The molecule has 3 nitrogen and oxygen atoms in total. The molecule has 2 N–H and O–H groups in total. The van der Waals surface area contributed by atoms with Gasteiger partial charge in [0.1, 0.15) is 0 Å². The van der Waals surface area contributed by atoms with E-state index in [-0.39, 0.29) is 5.91 Å². The van der Waals surface area contributed by atoms with Crippen molar-refractivity contribution in [1.82, 2.24) is 5.32 Å². The zero-order valence-corrected chi connectivity index (χ0v) is 13.0. The third-order valence-corrected chi connectivity index (χ3v) is 4.92. The standard InChI is InChI=1S/C16H23NO2S/c1-12-7-9-16(19,10-8-12)11-17-15(18)6-5-14-4-3-13(2)20-14/h3-6,12,19H,7-11H2,1-2H3,(H,17,18). The molecule has 0 aromatic carbocycles. The average molecular weight is 293 g/mol. The van der Waals surface area contributed by atoms with Crippen LogP contribution in [-0.4, -0.2) is 23.2 Å². The Morgan fingerprint density at radius 3 is 2.80 bits per heavy atom. The van der Waals surface area contributed by atoms with Crippen molar-refractivity contribution >= 4 is 23.3 Å². The zero-order valence-electron chi connectivity index (χ0n) is 12.2. The van der Waals surface area contributed by atoms with E-state index in [9.17, 15) is 9.90 Å². The van der Waals surface area contributed by atoms with Crippen molar-refractivity contribution in [3.05, 3.63) is 28.0 Å². The second-order valence-electron chi connectivity index (χ2n) is 5.91. The molecule has 110 valence electrons. The molecule has 2 rings (SSSR count). The maximum atomic E-state index is 11.8. The summed E-state index contributed by atoms with van der Waals surface area (Å²) in [6.07, 6.45) is 7.00. The molecule has 0 spiro atoms. The molecule has 1 aromatic rings. The summed E-state index contributed by atoms with van der Waals surface area (Å²) in [5.74, 6) is 0.552. The highest BCUT2D eigenvalue weighted by molar-refractivity contribution is 7.12. The average Bonchev–Trinajstić information content (AvgIpc) is 2.84. The molecule has 0 bridgehead atoms. The van der Waals surface area contributed by atoms with Gasteiger partial charge in [0, 0.05) is 22.4 Å². The minimum atomic E-state index is -0.713. The molecule has 1 aliphatic carbocycles. The lowest BCUT2D eigenvalue weighted by molar-refractivity contribution is -0.118. The maximum absolute atomic E-state index is 11.8. The Bertz CT molecular complexity index is 484. The lowest BCUT2D eigenvalue weighted by Gasteiger charge is -2.34. The van der Waals surface area contributed by atoms with E-state index < -0.39 is 5.60 Å². The first kappa shape index (κ1) is 15.3. The fourth-order valence-corrected chi connectivity index (χ4v) is 3.27. The summed E-state index contributed by atoms with van der Waals surface area (Å²) in [6.45, 7) is 4.61. The van der Waals surface area contributed by atoms with Crippen molar-refractivity contribution in [3.63, 3.8) is 0 Å². The molecule has 0 atom stereocenters. The summed E-state index contributed by atoms with van der Waals surface area (Å²) in [4.78, 5) is 14.1. The first-order valence-electron chi connectivity index (χ1n) is 7.22. The van der Waals surface area contributed by atoms with Crippen LogP contribution in [0.25, 0.3) is 6.08 Å². The van der Waals surface area contributed by atoms with Crippen LogP contribution in [-0.2, 0) is 4.79 Å². The van der Waals surface area contributed by atoms with Gasteiger partial charge in [0.15, 0.2) is 0 Å². The molecule has 1 aliphatic rings. The second kappa shape index (κ2) is 6.55. The monoisotopic (exact) mass is 293 g/mol. The Morgan fingerprint density at radius 2 is 2.20 bits per heavy atom. The third-order valence-electron chi connectivity index (χ3n) is 3.96. The van der Waals surface area contributed by atoms with Crippen LogP contribution < -0.4 is 5.32 Å². The van der Waals surface area contributed by atoms with Gasteiger partial charge in [0.2, 0.25) is 5.91 Å². The Balaban J connectivity index is 1.79. The van der Waals surface area contributed by atoms with Crippen molar-refractivity contribution < 1.29 is 9.90 Å². The lowest BCUT2D eigenvalue weighted by atomic mass is 9.79. The minimum Gasteiger partial charge on any atom is -0.388 e. The number of aliphatic hydroxyl groups is 1. The topological polar surface area (TPSA) is 49.3 Å². The first-order valence-corrected chi connectivity index (χ1v) is 8.03. The van der Waals surface area contributed by atoms with E-state index in [2.05, 4.69) is 12.2 Å². The maximum Gasteiger partial charge on any atom is 0.244 e. The highest BCUT2D eigenvalue weighted by Crippen LogP contribution is 2.31. The van der Waals surface area contributed by atoms with E-state index in [1.165, 1.54) is 4.88 Å². The van der Waals surface area contributed by atoms with Gasteiger partial charge in [-0.25, -0.2) is 0 Å². The molecule has 0 unspecified atom stereocenters. The van der Waals surface area contributed by atoms with Crippen LogP contribution >= 0.6 is 11.3 Å². The van der Waals surface area contributed by atoms with E-state index in [4.69, 9.17) is 0 Å². The van der Waals surface area contributed by atoms with Gasteiger partial charge in [0.05, 0.1) is 5.60 Å². The van der Waals surface area contributed by atoms with Gasteiger partial charge >= 0.3 is 0 Å². The van der Waals surface area contributed by atoms with Crippen LogP contribution in [0.15, 0.2) is 18.2 Å². The molecule has 0 aliphatic heterocycles. The molecule has 1 fully saturated rings. The van der Waals surface area contributed by atoms with E-state index in [0.717, 1.165) is 30.6 Å². The van der Waals surface area contributed by atoms with Gasteiger partial charge in [0.25, 0.3) is 0 Å². The molecule has 1 heterocycles. The number of amides is 1. The summed E-state index contributed by atoms with van der Waals surface area (Å²) >= 11 is 1.66. The third kappa shape index (κ3) is 4.46. The van der Waals surface area contributed by atoms with Gasteiger partial charge in [-0.2, -0.15) is 0 Å². The van der Waals surface area contributed by atoms with Gasteiger partial charge in [-0.05, 0) is 56.7 Å². The number of rotatable bonds is 4. The smallest absolute Gasteiger partial charge is 0.244 e. The van der Waals surface area contributed by atoms with E-state index in [0.29, 0.717) is 12.5 Å². The van der Waals surface area contributed by atoms with Crippen LogP contribution in [0, 0.1) is 12.8 Å². The molecule has 1 amide bonds. The van der Waals surface area contributed by atoms with E-state index >= 15 is 0 Å². The van der Waals surface area contributed by atoms with Gasteiger partial charge in [-0.3, -0.25) is 4.79 Å². The van der Waals surface area contributed by atoms with Crippen molar-refractivity contribution in [2.75, 3.05) is 6.54 Å². The SMILES string of the molecule is Cc1ccc(C=CC(=O)NCC2(O)CCC(C)CC2)s1. The van der Waals surface area contributed by atoms with Crippen molar-refractivity contribution in [2.45, 2.75) is 45.1 Å². The largest absolute Gasteiger partial charge is 0.388 e. The molecule has 1 saturated carbocycles. The van der Waals surface area contributed by atoms with Gasteiger partial charge < -0.3 is 10.4 Å². The minimum absolute atomic E-state index is 0.136. The van der Waals surface area contributed by atoms with Crippen molar-refractivity contribution in [2.24, 2.45) is 5.92 Å². The Hall–Kier alpha value is -1.13. The summed E-state index contributed by atoms with van der Waals surface area (Å²) < 4.78 is 0. The molecule has 0 saturated heterocycles.